The van der Waals surface area contributed by atoms with Crippen molar-refractivity contribution in [3.63, 3.8) is 0 Å². The third-order valence-corrected chi connectivity index (χ3v) is 4.32. The molecule has 1 amide bonds. The van der Waals surface area contributed by atoms with Crippen molar-refractivity contribution in [3.8, 4) is 5.75 Å². The third kappa shape index (κ3) is 4.71. The number of amides is 1. The Hall–Kier alpha value is -2.58. The van der Waals surface area contributed by atoms with Gasteiger partial charge in [-0.1, -0.05) is 0 Å². The van der Waals surface area contributed by atoms with Crippen molar-refractivity contribution < 1.29 is 19.6 Å². The molecule has 2 aromatic carbocycles. The van der Waals surface area contributed by atoms with Gasteiger partial charge in [0.05, 0.1) is 23.7 Å². The van der Waals surface area contributed by atoms with Crippen molar-refractivity contribution >= 4 is 23.4 Å². The minimum absolute atomic E-state index is 0.0237. The summed E-state index contributed by atoms with van der Waals surface area (Å²) in [6.45, 7) is -0.0237. The zero-order chi connectivity index (χ0) is 18.4. The predicted molar refractivity (Wildman–Crippen MR) is 95.2 cm³/mol. The lowest BCUT2D eigenvalue weighted by atomic mass is 10.1. The van der Waals surface area contributed by atoms with Crippen molar-refractivity contribution in [1.82, 2.24) is 5.32 Å². The van der Waals surface area contributed by atoms with Crippen LogP contribution in [0.3, 0.4) is 0 Å². The van der Waals surface area contributed by atoms with Gasteiger partial charge in [-0.15, -0.1) is 11.8 Å². The maximum Gasteiger partial charge on any atom is 0.269 e. The molecule has 2 rings (SSSR count). The van der Waals surface area contributed by atoms with E-state index in [9.17, 15) is 20.0 Å². The molecule has 0 radical (unpaired) electrons. The average Bonchev–Trinajstić information content (AvgIpc) is 2.65. The van der Waals surface area contributed by atoms with Gasteiger partial charge in [0.15, 0.2) is 0 Å². The number of nitro groups is 1. The molecule has 0 aliphatic heterocycles. The van der Waals surface area contributed by atoms with Crippen LogP contribution >= 0.6 is 11.8 Å². The highest BCUT2D eigenvalue weighted by molar-refractivity contribution is 7.98. The van der Waals surface area contributed by atoms with Gasteiger partial charge in [-0.25, -0.2) is 0 Å². The lowest BCUT2D eigenvalue weighted by Gasteiger charge is -2.14. The Balaban J connectivity index is 2.02. The van der Waals surface area contributed by atoms with Gasteiger partial charge >= 0.3 is 0 Å². The maximum absolute atomic E-state index is 12.3. The number of non-ortho nitro benzene ring substituents is 1. The molecule has 7 nitrogen and oxygen atoms in total. The number of aliphatic hydroxyl groups excluding tert-OH is 1. The fourth-order valence-corrected chi connectivity index (χ4v) is 2.64. The number of aliphatic hydroxyl groups is 1. The zero-order valence-electron chi connectivity index (χ0n) is 13.8. The standard InChI is InChI=1S/C17H18N2O5S/c1-24-16-9-13(25-2)7-8-14(16)17(21)18-10-15(20)11-3-5-12(6-4-11)19(22)23/h3-9,15,20H,10H2,1-2H3,(H,18,21). The van der Waals surface area contributed by atoms with Crippen LogP contribution in [0.4, 0.5) is 5.69 Å². The van der Waals surface area contributed by atoms with Gasteiger partial charge in [-0.2, -0.15) is 0 Å². The van der Waals surface area contributed by atoms with E-state index >= 15 is 0 Å². The summed E-state index contributed by atoms with van der Waals surface area (Å²) in [5.74, 6) is 0.0830. The first-order valence-corrected chi connectivity index (χ1v) is 8.61. The number of hydrogen-bond donors (Lipinski definition) is 2. The van der Waals surface area contributed by atoms with Crippen LogP contribution in [0.15, 0.2) is 47.4 Å². The number of carbonyl (C=O) groups excluding carboxylic acids is 1. The molecule has 0 spiro atoms. The van der Waals surface area contributed by atoms with E-state index in [2.05, 4.69) is 5.32 Å². The SMILES string of the molecule is COc1cc(SC)ccc1C(=O)NCC(O)c1ccc([N+](=O)[O-])cc1. The van der Waals surface area contributed by atoms with Crippen LogP contribution in [0, 0.1) is 10.1 Å². The Bertz CT molecular complexity index is 764. The summed E-state index contributed by atoms with van der Waals surface area (Å²) in [4.78, 5) is 23.4. The molecule has 2 N–H and O–H groups in total. The van der Waals surface area contributed by atoms with Crippen molar-refractivity contribution in [3.05, 3.63) is 63.7 Å². The molecule has 8 heteroatoms. The molecule has 1 unspecified atom stereocenters. The fraction of sp³-hybridized carbons (Fsp3) is 0.235. The van der Waals surface area contributed by atoms with E-state index in [1.54, 1.807) is 12.1 Å². The summed E-state index contributed by atoms with van der Waals surface area (Å²) in [6.07, 6.45) is 0.955. The van der Waals surface area contributed by atoms with Gasteiger partial charge < -0.3 is 15.2 Å². The minimum Gasteiger partial charge on any atom is -0.496 e. The Labute approximate surface area is 149 Å². The monoisotopic (exact) mass is 362 g/mol. The van der Waals surface area contributed by atoms with E-state index in [0.717, 1.165) is 4.90 Å². The summed E-state index contributed by atoms with van der Waals surface area (Å²) in [5.41, 5.74) is 0.797. The van der Waals surface area contributed by atoms with E-state index < -0.39 is 11.0 Å². The summed E-state index contributed by atoms with van der Waals surface area (Å²) < 4.78 is 5.24. The summed E-state index contributed by atoms with van der Waals surface area (Å²) in [5, 5.41) is 23.4. The molecule has 0 aliphatic rings. The Morgan fingerprint density at radius 2 is 2.00 bits per heavy atom. The number of nitrogens with one attached hydrogen (secondary N) is 1. The van der Waals surface area contributed by atoms with Crippen molar-refractivity contribution in [2.45, 2.75) is 11.0 Å². The molecule has 25 heavy (non-hydrogen) atoms. The number of benzene rings is 2. The van der Waals surface area contributed by atoms with Crippen molar-refractivity contribution in [1.29, 1.82) is 0 Å². The number of ether oxygens (including phenoxy) is 1. The number of nitrogens with zero attached hydrogens (tertiary/aromatic N) is 1. The molecule has 132 valence electrons. The number of methoxy groups -OCH3 is 1. The molecule has 0 saturated carbocycles. The van der Waals surface area contributed by atoms with Gasteiger partial charge in [0.1, 0.15) is 5.75 Å². The molecular weight excluding hydrogens is 344 g/mol. The van der Waals surface area contributed by atoms with Crippen LogP contribution in [0.5, 0.6) is 5.75 Å². The number of hydrogen-bond acceptors (Lipinski definition) is 6. The topological polar surface area (TPSA) is 102 Å². The van der Waals surface area contributed by atoms with Gasteiger partial charge in [0.25, 0.3) is 11.6 Å². The number of carbonyl (C=O) groups is 1. The molecular formula is C17H18N2O5S. The van der Waals surface area contributed by atoms with E-state index in [1.807, 2.05) is 12.3 Å². The lowest BCUT2D eigenvalue weighted by molar-refractivity contribution is -0.384. The van der Waals surface area contributed by atoms with Crippen LogP contribution in [0.25, 0.3) is 0 Å². The van der Waals surface area contributed by atoms with Crippen LogP contribution in [-0.2, 0) is 0 Å². The molecule has 1 atom stereocenters. The number of nitro benzene ring substituents is 1. The lowest BCUT2D eigenvalue weighted by Crippen LogP contribution is -2.28. The van der Waals surface area contributed by atoms with Crippen LogP contribution < -0.4 is 10.1 Å². The second-order valence-electron chi connectivity index (χ2n) is 5.14. The van der Waals surface area contributed by atoms with Gasteiger partial charge in [-0.05, 0) is 42.2 Å². The smallest absolute Gasteiger partial charge is 0.269 e. The normalized spacial score (nSPS) is 11.6. The minimum atomic E-state index is -0.971. The summed E-state index contributed by atoms with van der Waals surface area (Å²) in [6, 6.07) is 10.8. The second kappa shape index (κ2) is 8.50. The summed E-state index contributed by atoms with van der Waals surface area (Å²) in [7, 11) is 1.49. The average molecular weight is 362 g/mol. The first-order valence-electron chi connectivity index (χ1n) is 7.39. The molecule has 0 bridgehead atoms. The number of thioether (sulfide) groups is 1. The highest BCUT2D eigenvalue weighted by Crippen LogP contribution is 2.25. The van der Waals surface area contributed by atoms with E-state index in [-0.39, 0.29) is 18.1 Å². The molecule has 0 saturated heterocycles. The Morgan fingerprint density at radius 3 is 2.56 bits per heavy atom. The first kappa shape index (κ1) is 18.8. The third-order valence-electron chi connectivity index (χ3n) is 3.60. The Kier molecular flexibility index (Phi) is 6.37. The summed E-state index contributed by atoms with van der Waals surface area (Å²) >= 11 is 1.54. The highest BCUT2D eigenvalue weighted by Gasteiger charge is 2.16. The van der Waals surface area contributed by atoms with E-state index in [0.29, 0.717) is 16.9 Å². The Morgan fingerprint density at radius 1 is 1.32 bits per heavy atom. The van der Waals surface area contributed by atoms with Crippen LogP contribution in [0.2, 0.25) is 0 Å². The molecule has 0 fully saturated rings. The molecule has 2 aromatic rings. The van der Waals surface area contributed by atoms with Crippen LogP contribution in [0.1, 0.15) is 22.0 Å². The van der Waals surface area contributed by atoms with Crippen molar-refractivity contribution in [2.24, 2.45) is 0 Å². The predicted octanol–water partition coefficient (Wildman–Crippen LogP) is 2.79. The first-order chi connectivity index (χ1) is 12.0. The van der Waals surface area contributed by atoms with Gasteiger partial charge in [0, 0.05) is 23.6 Å². The second-order valence-corrected chi connectivity index (χ2v) is 6.02. The molecule has 0 heterocycles. The molecule has 0 aromatic heterocycles. The van der Waals surface area contributed by atoms with Crippen molar-refractivity contribution in [2.75, 3.05) is 19.9 Å². The van der Waals surface area contributed by atoms with Gasteiger partial charge in [-0.3, -0.25) is 14.9 Å². The quantitative estimate of drug-likeness (QED) is 0.446. The molecule has 0 aliphatic carbocycles. The van der Waals surface area contributed by atoms with Gasteiger partial charge in [0.2, 0.25) is 0 Å². The van der Waals surface area contributed by atoms with E-state index in [1.165, 1.54) is 43.1 Å². The van der Waals surface area contributed by atoms with E-state index in [4.69, 9.17) is 4.74 Å². The maximum atomic E-state index is 12.3. The highest BCUT2D eigenvalue weighted by atomic mass is 32.2. The number of rotatable bonds is 7. The fourth-order valence-electron chi connectivity index (χ4n) is 2.21. The van der Waals surface area contributed by atoms with Crippen LogP contribution in [-0.4, -0.2) is 35.8 Å². The largest absolute Gasteiger partial charge is 0.496 e. The zero-order valence-corrected chi connectivity index (χ0v) is 14.6.